The molecule has 1 rings (SSSR count). The summed E-state index contributed by atoms with van der Waals surface area (Å²) in [5.74, 6) is 1.20. The van der Waals surface area contributed by atoms with Crippen LogP contribution >= 0.6 is 15.9 Å². The zero-order valence-corrected chi connectivity index (χ0v) is 8.72. The molecule has 1 unspecified atom stereocenters. The van der Waals surface area contributed by atoms with Crippen LogP contribution < -0.4 is 0 Å². The molecule has 1 heterocycles. The zero-order chi connectivity index (χ0) is 9.14. The lowest BCUT2D eigenvalue weighted by Gasteiger charge is -2.05. The Bertz CT molecular complexity index is 278. The molecule has 66 valence electrons. The van der Waals surface area contributed by atoms with Gasteiger partial charge < -0.3 is 9.21 Å². The lowest BCUT2D eigenvalue weighted by atomic mass is 10.0. The van der Waals surface area contributed by atoms with Gasteiger partial charge in [0.15, 0.2) is 0 Å². The molecular weight excluding hydrogens is 220 g/mol. The number of rotatable bonds is 3. The quantitative estimate of drug-likeness (QED) is 0.799. The van der Waals surface area contributed by atoms with E-state index >= 15 is 0 Å². The molecule has 0 spiro atoms. The van der Waals surface area contributed by atoms with Gasteiger partial charge in [0.25, 0.3) is 0 Å². The first-order valence-corrected chi connectivity index (χ1v) is 4.63. The summed E-state index contributed by atoms with van der Waals surface area (Å²) >= 11 is 3.35. The van der Waals surface area contributed by atoms with Crippen LogP contribution in [-0.4, -0.2) is 5.78 Å². The summed E-state index contributed by atoms with van der Waals surface area (Å²) in [4.78, 5) is 10.8. The average molecular weight is 231 g/mol. The van der Waals surface area contributed by atoms with E-state index in [1.54, 1.807) is 13.2 Å². The SMILES string of the molecule is CC(=O)CC(C)c1occc1Br. The number of furan rings is 1. The normalized spacial score (nSPS) is 12.9. The molecule has 1 atom stereocenters. The molecule has 0 saturated carbocycles. The highest BCUT2D eigenvalue weighted by atomic mass is 79.9. The second-order valence-corrected chi connectivity index (χ2v) is 3.79. The first-order valence-electron chi connectivity index (χ1n) is 3.83. The standard InChI is InChI=1S/C9H11BrO2/c1-6(5-7(2)11)9-8(10)3-4-12-9/h3-4,6H,5H2,1-2H3. The second-order valence-electron chi connectivity index (χ2n) is 2.94. The number of Topliss-reactive ketones (excluding diaryl/α,β-unsaturated/α-hetero) is 1. The van der Waals surface area contributed by atoms with Crippen LogP contribution in [0.15, 0.2) is 21.2 Å². The fourth-order valence-electron chi connectivity index (χ4n) is 1.18. The summed E-state index contributed by atoms with van der Waals surface area (Å²) in [6.45, 7) is 3.57. The maximum atomic E-state index is 10.8. The molecule has 0 aliphatic carbocycles. The third-order valence-electron chi connectivity index (χ3n) is 1.69. The van der Waals surface area contributed by atoms with Crippen LogP contribution in [0.4, 0.5) is 0 Å². The Hall–Kier alpha value is -0.570. The van der Waals surface area contributed by atoms with Gasteiger partial charge in [0.05, 0.1) is 10.7 Å². The molecule has 0 aromatic carbocycles. The minimum Gasteiger partial charge on any atom is -0.468 e. The summed E-state index contributed by atoms with van der Waals surface area (Å²) in [6.07, 6.45) is 2.15. The Balaban J connectivity index is 2.71. The average Bonchev–Trinajstić information content (AvgIpc) is 2.33. The summed E-state index contributed by atoms with van der Waals surface area (Å²) in [7, 11) is 0. The predicted octanol–water partition coefficient (Wildman–Crippen LogP) is 3.12. The summed E-state index contributed by atoms with van der Waals surface area (Å²) in [5, 5.41) is 0. The largest absolute Gasteiger partial charge is 0.468 e. The molecule has 1 aromatic heterocycles. The van der Waals surface area contributed by atoms with Crippen LogP contribution in [0.25, 0.3) is 0 Å². The van der Waals surface area contributed by atoms with Crippen LogP contribution in [-0.2, 0) is 4.79 Å². The van der Waals surface area contributed by atoms with Crippen molar-refractivity contribution in [2.24, 2.45) is 0 Å². The molecule has 1 aromatic rings. The van der Waals surface area contributed by atoms with E-state index in [0.29, 0.717) is 6.42 Å². The third-order valence-corrected chi connectivity index (χ3v) is 2.34. The van der Waals surface area contributed by atoms with E-state index in [1.165, 1.54) is 0 Å². The molecule has 3 heteroatoms. The Morgan fingerprint density at radius 2 is 2.42 bits per heavy atom. The van der Waals surface area contributed by atoms with Crippen molar-refractivity contribution in [1.29, 1.82) is 0 Å². The van der Waals surface area contributed by atoms with Gasteiger partial charge >= 0.3 is 0 Å². The van der Waals surface area contributed by atoms with E-state index in [1.807, 2.05) is 13.0 Å². The van der Waals surface area contributed by atoms with Crippen molar-refractivity contribution >= 4 is 21.7 Å². The van der Waals surface area contributed by atoms with Gasteiger partial charge in [-0.15, -0.1) is 0 Å². The first-order chi connectivity index (χ1) is 5.61. The number of carbonyl (C=O) groups excluding carboxylic acids is 1. The van der Waals surface area contributed by atoms with Gasteiger partial charge in [-0.25, -0.2) is 0 Å². The molecule has 0 bridgehead atoms. The molecule has 0 saturated heterocycles. The van der Waals surface area contributed by atoms with Crippen LogP contribution in [0.2, 0.25) is 0 Å². The van der Waals surface area contributed by atoms with Crippen molar-refractivity contribution in [1.82, 2.24) is 0 Å². The number of hydrogen-bond donors (Lipinski definition) is 0. The first kappa shape index (κ1) is 9.52. The van der Waals surface area contributed by atoms with E-state index < -0.39 is 0 Å². The monoisotopic (exact) mass is 230 g/mol. The molecule has 0 aliphatic rings. The second kappa shape index (κ2) is 3.90. The van der Waals surface area contributed by atoms with Gasteiger partial charge in [-0.3, -0.25) is 0 Å². The molecule has 0 amide bonds. The van der Waals surface area contributed by atoms with Crippen molar-refractivity contribution in [3.8, 4) is 0 Å². The Morgan fingerprint density at radius 3 is 2.83 bits per heavy atom. The van der Waals surface area contributed by atoms with E-state index in [9.17, 15) is 4.79 Å². The van der Waals surface area contributed by atoms with E-state index in [4.69, 9.17) is 4.42 Å². The minimum atomic E-state index is 0.159. The molecule has 0 aliphatic heterocycles. The number of ketones is 1. The maximum absolute atomic E-state index is 10.8. The maximum Gasteiger partial charge on any atom is 0.130 e. The molecule has 2 nitrogen and oxygen atoms in total. The number of halogens is 1. The van der Waals surface area contributed by atoms with Crippen LogP contribution in [0.5, 0.6) is 0 Å². The van der Waals surface area contributed by atoms with Crippen molar-refractivity contribution in [2.75, 3.05) is 0 Å². The van der Waals surface area contributed by atoms with Gasteiger partial charge in [0.1, 0.15) is 11.5 Å². The van der Waals surface area contributed by atoms with Crippen LogP contribution in [0.1, 0.15) is 31.9 Å². The van der Waals surface area contributed by atoms with Crippen molar-refractivity contribution < 1.29 is 9.21 Å². The number of carbonyl (C=O) groups is 1. The fourth-order valence-corrected chi connectivity index (χ4v) is 1.77. The Labute approximate surface area is 80.1 Å². The topological polar surface area (TPSA) is 30.2 Å². The van der Waals surface area contributed by atoms with Gasteiger partial charge in [-0.1, -0.05) is 6.92 Å². The third kappa shape index (κ3) is 2.21. The fraction of sp³-hybridized carbons (Fsp3) is 0.444. The summed E-state index contributed by atoms with van der Waals surface area (Å²) < 4.78 is 6.17. The number of hydrogen-bond acceptors (Lipinski definition) is 2. The van der Waals surface area contributed by atoms with Gasteiger partial charge in [0, 0.05) is 12.3 Å². The Kier molecular flexibility index (Phi) is 3.09. The molecular formula is C9H11BrO2. The molecule has 0 N–H and O–H groups in total. The van der Waals surface area contributed by atoms with Crippen molar-refractivity contribution in [3.05, 3.63) is 22.6 Å². The minimum absolute atomic E-state index is 0.159. The molecule has 12 heavy (non-hydrogen) atoms. The van der Waals surface area contributed by atoms with Crippen molar-refractivity contribution in [2.45, 2.75) is 26.2 Å². The molecule has 0 fully saturated rings. The predicted molar refractivity (Wildman–Crippen MR) is 50.1 cm³/mol. The van der Waals surface area contributed by atoms with Crippen LogP contribution in [0.3, 0.4) is 0 Å². The van der Waals surface area contributed by atoms with Crippen LogP contribution in [0, 0.1) is 0 Å². The summed E-state index contributed by atoms with van der Waals surface area (Å²) in [6, 6.07) is 1.84. The highest BCUT2D eigenvalue weighted by Crippen LogP contribution is 2.27. The highest BCUT2D eigenvalue weighted by molar-refractivity contribution is 9.10. The molecule has 0 radical (unpaired) electrons. The van der Waals surface area contributed by atoms with Gasteiger partial charge in [-0.05, 0) is 28.9 Å². The van der Waals surface area contributed by atoms with E-state index in [0.717, 1.165) is 10.2 Å². The van der Waals surface area contributed by atoms with E-state index in [-0.39, 0.29) is 11.7 Å². The summed E-state index contributed by atoms with van der Waals surface area (Å²) in [5.41, 5.74) is 0. The van der Waals surface area contributed by atoms with Gasteiger partial charge in [0.2, 0.25) is 0 Å². The highest BCUT2D eigenvalue weighted by Gasteiger charge is 2.14. The van der Waals surface area contributed by atoms with Crippen molar-refractivity contribution in [3.63, 3.8) is 0 Å². The zero-order valence-electron chi connectivity index (χ0n) is 7.13. The van der Waals surface area contributed by atoms with E-state index in [2.05, 4.69) is 15.9 Å². The smallest absolute Gasteiger partial charge is 0.130 e. The lowest BCUT2D eigenvalue weighted by Crippen LogP contribution is -1.99. The van der Waals surface area contributed by atoms with Gasteiger partial charge in [-0.2, -0.15) is 0 Å². The Morgan fingerprint density at radius 1 is 1.75 bits per heavy atom. The lowest BCUT2D eigenvalue weighted by molar-refractivity contribution is -0.117.